The molecule has 1 aliphatic rings. The summed E-state index contributed by atoms with van der Waals surface area (Å²) in [5.74, 6) is 0.0647. The lowest BCUT2D eigenvalue weighted by atomic mass is 9.92. The predicted octanol–water partition coefficient (Wildman–Crippen LogP) is 1.80. The van der Waals surface area contributed by atoms with Gasteiger partial charge in [-0.3, -0.25) is 14.9 Å². The third-order valence-corrected chi connectivity index (χ3v) is 3.96. The predicted molar refractivity (Wildman–Crippen MR) is 87.0 cm³/mol. The van der Waals surface area contributed by atoms with E-state index in [-0.39, 0.29) is 41.6 Å². The van der Waals surface area contributed by atoms with E-state index in [1.54, 1.807) is 4.90 Å². The van der Waals surface area contributed by atoms with Crippen molar-refractivity contribution in [3.05, 3.63) is 33.9 Å². The van der Waals surface area contributed by atoms with Crippen LogP contribution in [0.4, 0.5) is 11.4 Å². The smallest absolute Gasteiger partial charge is 0.292 e. The van der Waals surface area contributed by atoms with Crippen molar-refractivity contribution in [2.75, 3.05) is 18.8 Å². The Morgan fingerprint density at radius 2 is 2.18 bits per heavy atom. The quantitative estimate of drug-likeness (QED) is 0.498. The number of nitrogens with two attached hydrogens (primary N) is 2. The highest BCUT2D eigenvalue weighted by molar-refractivity contribution is 5.95. The summed E-state index contributed by atoms with van der Waals surface area (Å²) in [4.78, 5) is 24.5. The van der Waals surface area contributed by atoms with Crippen LogP contribution < -0.4 is 11.5 Å². The van der Waals surface area contributed by atoms with Crippen LogP contribution in [0.2, 0.25) is 0 Å². The number of nitro groups is 1. The maximum atomic E-state index is 12.5. The molecular formula is C14H21ClN4O3. The van der Waals surface area contributed by atoms with E-state index in [2.05, 4.69) is 0 Å². The molecule has 22 heavy (non-hydrogen) atoms. The Morgan fingerprint density at radius 3 is 2.77 bits per heavy atom. The van der Waals surface area contributed by atoms with Crippen molar-refractivity contribution in [3.8, 4) is 0 Å². The lowest BCUT2D eigenvalue weighted by Gasteiger charge is -2.34. The van der Waals surface area contributed by atoms with E-state index >= 15 is 0 Å². The van der Waals surface area contributed by atoms with E-state index in [1.807, 2.05) is 6.92 Å². The molecule has 7 nitrogen and oxygen atoms in total. The molecule has 4 N–H and O–H groups in total. The summed E-state index contributed by atoms with van der Waals surface area (Å²) < 4.78 is 0. The Balaban J connectivity index is 0.00000242. The molecule has 0 spiro atoms. The van der Waals surface area contributed by atoms with Crippen LogP contribution in [0.3, 0.4) is 0 Å². The highest BCUT2D eigenvalue weighted by atomic mass is 35.5. The molecule has 0 aromatic heterocycles. The molecule has 1 aromatic carbocycles. The van der Waals surface area contributed by atoms with E-state index in [4.69, 9.17) is 11.5 Å². The van der Waals surface area contributed by atoms with E-state index < -0.39 is 4.92 Å². The van der Waals surface area contributed by atoms with Gasteiger partial charge in [-0.15, -0.1) is 12.4 Å². The zero-order valence-electron chi connectivity index (χ0n) is 12.4. The molecule has 2 rings (SSSR count). The van der Waals surface area contributed by atoms with Gasteiger partial charge in [-0.25, -0.2) is 0 Å². The van der Waals surface area contributed by atoms with Crippen LogP contribution in [-0.4, -0.2) is 34.9 Å². The maximum absolute atomic E-state index is 12.5. The fourth-order valence-corrected chi connectivity index (χ4v) is 2.64. The van der Waals surface area contributed by atoms with Crippen LogP contribution in [0.5, 0.6) is 0 Å². The number of hydrogen-bond donors (Lipinski definition) is 2. The lowest BCUT2D eigenvalue weighted by Crippen LogP contribution is -2.45. The largest absolute Gasteiger partial charge is 0.393 e. The summed E-state index contributed by atoms with van der Waals surface area (Å²) in [5.41, 5.74) is 11.6. The molecule has 1 heterocycles. The first-order chi connectivity index (χ1) is 9.90. The second-order valence-electron chi connectivity index (χ2n) is 5.54. The Morgan fingerprint density at radius 1 is 1.50 bits per heavy atom. The van der Waals surface area contributed by atoms with E-state index in [0.29, 0.717) is 18.7 Å². The minimum absolute atomic E-state index is 0. The fourth-order valence-electron chi connectivity index (χ4n) is 2.64. The molecule has 0 saturated carbocycles. The number of carbonyl (C=O) groups excluding carboxylic acids is 1. The summed E-state index contributed by atoms with van der Waals surface area (Å²) in [6.07, 6.45) is 1.90. The number of nitro benzene ring substituents is 1. The van der Waals surface area contributed by atoms with Gasteiger partial charge in [0.25, 0.3) is 11.6 Å². The van der Waals surface area contributed by atoms with Gasteiger partial charge in [0.1, 0.15) is 5.69 Å². The lowest BCUT2D eigenvalue weighted by molar-refractivity contribution is -0.383. The number of benzene rings is 1. The Labute approximate surface area is 135 Å². The number of amides is 1. The normalized spacial score (nSPS) is 19.2. The number of nitrogens with zero attached hydrogens (tertiary/aromatic N) is 2. The first kappa shape index (κ1) is 18.2. The summed E-state index contributed by atoms with van der Waals surface area (Å²) in [7, 11) is 0. The topological polar surface area (TPSA) is 115 Å². The Kier molecular flexibility index (Phi) is 6.13. The number of likely N-dealkylation sites (tertiary alicyclic amines) is 1. The molecule has 122 valence electrons. The molecule has 1 aromatic rings. The van der Waals surface area contributed by atoms with Gasteiger partial charge < -0.3 is 16.4 Å². The summed E-state index contributed by atoms with van der Waals surface area (Å²) >= 11 is 0. The van der Waals surface area contributed by atoms with Crippen LogP contribution in [0, 0.1) is 16.0 Å². The molecule has 1 aliphatic heterocycles. The number of hydrogen-bond acceptors (Lipinski definition) is 5. The van der Waals surface area contributed by atoms with Gasteiger partial charge in [-0.1, -0.05) is 0 Å². The van der Waals surface area contributed by atoms with Gasteiger partial charge in [-0.2, -0.15) is 0 Å². The molecule has 8 heteroatoms. The average molecular weight is 329 g/mol. The highest BCUT2D eigenvalue weighted by Gasteiger charge is 2.27. The minimum atomic E-state index is -0.576. The van der Waals surface area contributed by atoms with Gasteiger partial charge in [0.2, 0.25) is 0 Å². The van der Waals surface area contributed by atoms with Gasteiger partial charge in [0.15, 0.2) is 0 Å². The van der Waals surface area contributed by atoms with Crippen molar-refractivity contribution in [1.82, 2.24) is 4.90 Å². The molecular weight excluding hydrogens is 308 g/mol. The van der Waals surface area contributed by atoms with Crippen molar-refractivity contribution in [3.63, 3.8) is 0 Å². The van der Waals surface area contributed by atoms with Crippen molar-refractivity contribution < 1.29 is 9.72 Å². The number of nitrogen functional groups attached to an aromatic ring is 1. The summed E-state index contributed by atoms with van der Waals surface area (Å²) in [6, 6.07) is 4.20. The number of anilines is 1. The Bertz CT molecular complexity index is 565. The third kappa shape index (κ3) is 3.86. The summed E-state index contributed by atoms with van der Waals surface area (Å²) in [6.45, 7) is 3.18. The van der Waals surface area contributed by atoms with Crippen molar-refractivity contribution in [2.24, 2.45) is 11.7 Å². The number of carbonyl (C=O) groups is 1. The highest BCUT2D eigenvalue weighted by Crippen LogP contribution is 2.25. The van der Waals surface area contributed by atoms with Crippen LogP contribution >= 0.6 is 12.4 Å². The molecule has 0 bridgehead atoms. The second-order valence-corrected chi connectivity index (χ2v) is 5.54. The molecule has 0 radical (unpaired) electrons. The molecule has 2 unspecified atom stereocenters. The zero-order chi connectivity index (χ0) is 15.6. The minimum Gasteiger partial charge on any atom is -0.393 e. The van der Waals surface area contributed by atoms with Gasteiger partial charge >= 0.3 is 0 Å². The second kappa shape index (κ2) is 7.42. The molecule has 1 saturated heterocycles. The first-order valence-corrected chi connectivity index (χ1v) is 6.99. The average Bonchev–Trinajstić information content (AvgIpc) is 2.46. The third-order valence-electron chi connectivity index (χ3n) is 3.96. The van der Waals surface area contributed by atoms with Crippen molar-refractivity contribution >= 4 is 29.7 Å². The van der Waals surface area contributed by atoms with E-state index in [1.165, 1.54) is 18.2 Å². The van der Waals surface area contributed by atoms with Crippen LogP contribution in [0.15, 0.2) is 18.2 Å². The standard InChI is InChI=1S/C14H20N4O3.ClH/c1-9(15)11-3-2-6-17(8-11)14(19)10-4-5-12(16)13(7-10)18(20)21;/h4-5,7,9,11H,2-3,6,8,15-16H2,1H3;1H. The molecule has 2 atom stereocenters. The fraction of sp³-hybridized carbons (Fsp3) is 0.500. The zero-order valence-corrected chi connectivity index (χ0v) is 13.2. The molecule has 0 aliphatic carbocycles. The van der Waals surface area contributed by atoms with Crippen molar-refractivity contribution in [1.29, 1.82) is 0 Å². The maximum Gasteiger partial charge on any atom is 0.292 e. The van der Waals surface area contributed by atoms with Gasteiger partial charge in [-0.05, 0) is 37.8 Å². The number of halogens is 1. The van der Waals surface area contributed by atoms with E-state index in [9.17, 15) is 14.9 Å². The molecule has 1 amide bonds. The number of rotatable bonds is 3. The van der Waals surface area contributed by atoms with Gasteiger partial charge in [0, 0.05) is 30.8 Å². The van der Waals surface area contributed by atoms with Crippen LogP contribution in [0.25, 0.3) is 0 Å². The summed E-state index contributed by atoms with van der Waals surface area (Å²) in [5, 5.41) is 10.9. The number of piperidine rings is 1. The Hall–Kier alpha value is -1.86. The van der Waals surface area contributed by atoms with Crippen LogP contribution in [-0.2, 0) is 0 Å². The first-order valence-electron chi connectivity index (χ1n) is 6.99. The van der Waals surface area contributed by atoms with Crippen molar-refractivity contribution in [2.45, 2.75) is 25.8 Å². The van der Waals surface area contributed by atoms with E-state index in [0.717, 1.165) is 12.8 Å². The monoisotopic (exact) mass is 328 g/mol. The molecule has 1 fully saturated rings. The van der Waals surface area contributed by atoms with Gasteiger partial charge in [0.05, 0.1) is 4.92 Å². The SMILES string of the molecule is CC(N)C1CCCN(C(=O)c2ccc(N)c([N+](=O)[O-])c2)C1.Cl. The van der Waals surface area contributed by atoms with Crippen LogP contribution in [0.1, 0.15) is 30.1 Å².